The predicted molar refractivity (Wildman–Crippen MR) is 106 cm³/mol. The van der Waals surface area contributed by atoms with Gasteiger partial charge in [0.2, 0.25) is 11.1 Å². The van der Waals surface area contributed by atoms with Crippen LogP contribution in [0.1, 0.15) is 18.1 Å². The lowest BCUT2D eigenvalue weighted by atomic mass is 10.1. The van der Waals surface area contributed by atoms with Crippen molar-refractivity contribution >= 4 is 23.4 Å². The number of methoxy groups -OCH3 is 1. The van der Waals surface area contributed by atoms with Crippen LogP contribution in [-0.4, -0.2) is 39.0 Å². The van der Waals surface area contributed by atoms with E-state index in [4.69, 9.17) is 4.74 Å². The van der Waals surface area contributed by atoms with Crippen molar-refractivity contribution in [1.29, 1.82) is 0 Å². The highest BCUT2D eigenvalue weighted by Gasteiger charge is 2.15. The Balaban J connectivity index is 1.68. The molecule has 3 aromatic rings. The summed E-state index contributed by atoms with van der Waals surface area (Å²) in [4.78, 5) is 12.3. The van der Waals surface area contributed by atoms with Crippen molar-refractivity contribution in [3.05, 3.63) is 53.6 Å². The van der Waals surface area contributed by atoms with Gasteiger partial charge in [-0.2, -0.15) is 4.68 Å². The third-order valence-electron chi connectivity index (χ3n) is 3.98. The van der Waals surface area contributed by atoms with Gasteiger partial charge in [-0.05, 0) is 59.2 Å². The number of thioether (sulfide) groups is 1. The second kappa shape index (κ2) is 8.68. The summed E-state index contributed by atoms with van der Waals surface area (Å²) in [7, 11) is 1.60. The van der Waals surface area contributed by atoms with Gasteiger partial charge >= 0.3 is 0 Å². The van der Waals surface area contributed by atoms with Crippen LogP contribution in [0.25, 0.3) is 5.69 Å². The molecular weight excluding hydrogens is 362 g/mol. The molecule has 0 aliphatic heterocycles. The second-order valence-electron chi connectivity index (χ2n) is 5.94. The molecule has 0 aliphatic rings. The van der Waals surface area contributed by atoms with Gasteiger partial charge in [-0.15, -0.1) is 5.10 Å². The summed E-state index contributed by atoms with van der Waals surface area (Å²) in [5, 5.41) is 15.2. The minimum absolute atomic E-state index is 0.116. The van der Waals surface area contributed by atoms with Gasteiger partial charge in [0.25, 0.3) is 0 Å². The van der Waals surface area contributed by atoms with Crippen LogP contribution in [0.3, 0.4) is 0 Å². The number of nitrogens with zero attached hydrogens (tertiary/aromatic N) is 4. The number of aryl methyl sites for hydroxylation is 2. The molecule has 1 aromatic heterocycles. The zero-order valence-electron chi connectivity index (χ0n) is 15.5. The highest BCUT2D eigenvalue weighted by molar-refractivity contribution is 7.99. The van der Waals surface area contributed by atoms with Crippen LogP contribution in [0.2, 0.25) is 0 Å². The van der Waals surface area contributed by atoms with Crippen LogP contribution in [0.4, 0.5) is 5.69 Å². The van der Waals surface area contributed by atoms with Gasteiger partial charge in [0.15, 0.2) is 0 Å². The molecule has 0 saturated heterocycles. The molecule has 7 nitrogen and oxygen atoms in total. The minimum Gasteiger partial charge on any atom is -0.494 e. The van der Waals surface area contributed by atoms with Crippen molar-refractivity contribution in [2.24, 2.45) is 0 Å². The van der Waals surface area contributed by atoms with Gasteiger partial charge in [0.1, 0.15) is 11.4 Å². The van der Waals surface area contributed by atoms with Gasteiger partial charge in [0, 0.05) is 5.69 Å². The number of carbonyl (C=O) groups is 1. The van der Waals surface area contributed by atoms with E-state index in [0.29, 0.717) is 10.9 Å². The maximum absolute atomic E-state index is 12.3. The molecule has 0 saturated carbocycles. The first-order chi connectivity index (χ1) is 13.1. The van der Waals surface area contributed by atoms with E-state index < -0.39 is 0 Å². The average Bonchev–Trinajstić information content (AvgIpc) is 3.15. The first-order valence-electron chi connectivity index (χ1n) is 8.55. The molecule has 0 spiro atoms. The SMILES string of the molecule is CCc1ccc(NC(=O)CSc2nnnn2-c2cc(C)ccc2OC)cc1. The number of aromatic nitrogens is 4. The summed E-state index contributed by atoms with van der Waals surface area (Å²) in [6, 6.07) is 13.6. The molecule has 0 fully saturated rings. The van der Waals surface area contributed by atoms with Gasteiger partial charge in [-0.1, -0.05) is 36.9 Å². The smallest absolute Gasteiger partial charge is 0.234 e. The first-order valence-corrected chi connectivity index (χ1v) is 9.54. The summed E-state index contributed by atoms with van der Waals surface area (Å²) < 4.78 is 6.98. The molecule has 0 atom stereocenters. The predicted octanol–water partition coefficient (Wildman–Crippen LogP) is 3.27. The zero-order valence-corrected chi connectivity index (χ0v) is 16.3. The van der Waals surface area contributed by atoms with E-state index in [1.807, 2.05) is 49.4 Å². The minimum atomic E-state index is -0.116. The number of carbonyl (C=O) groups excluding carboxylic acids is 1. The number of anilines is 1. The lowest BCUT2D eigenvalue weighted by molar-refractivity contribution is -0.113. The van der Waals surface area contributed by atoms with Crippen LogP contribution in [0, 0.1) is 6.92 Å². The van der Waals surface area contributed by atoms with Crippen LogP contribution in [0.5, 0.6) is 5.75 Å². The van der Waals surface area contributed by atoms with E-state index in [9.17, 15) is 4.79 Å². The van der Waals surface area contributed by atoms with E-state index in [1.54, 1.807) is 11.8 Å². The van der Waals surface area contributed by atoms with Gasteiger partial charge in [-0.3, -0.25) is 4.79 Å². The topological polar surface area (TPSA) is 81.9 Å². The van der Waals surface area contributed by atoms with Crippen LogP contribution < -0.4 is 10.1 Å². The van der Waals surface area contributed by atoms with E-state index in [-0.39, 0.29) is 11.7 Å². The quantitative estimate of drug-likeness (QED) is 0.631. The van der Waals surface area contributed by atoms with E-state index >= 15 is 0 Å². The Hall–Kier alpha value is -2.87. The van der Waals surface area contributed by atoms with Crippen molar-refractivity contribution in [2.45, 2.75) is 25.4 Å². The lowest BCUT2D eigenvalue weighted by Gasteiger charge is -2.10. The van der Waals surface area contributed by atoms with Crippen LogP contribution >= 0.6 is 11.8 Å². The molecule has 3 rings (SSSR count). The molecule has 8 heteroatoms. The Kier molecular flexibility index (Phi) is 6.08. The normalized spacial score (nSPS) is 10.6. The molecular formula is C19H21N5O2S. The molecule has 0 bridgehead atoms. The Morgan fingerprint density at radius 2 is 2.00 bits per heavy atom. The van der Waals surface area contributed by atoms with E-state index in [0.717, 1.165) is 23.4 Å². The number of ether oxygens (including phenoxy) is 1. The highest BCUT2D eigenvalue weighted by atomic mass is 32.2. The monoisotopic (exact) mass is 383 g/mol. The van der Waals surface area contributed by atoms with Crippen molar-refractivity contribution in [2.75, 3.05) is 18.2 Å². The number of benzene rings is 2. The number of rotatable bonds is 7. The van der Waals surface area contributed by atoms with Crippen molar-refractivity contribution in [1.82, 2.24) is 20.2 Å². The number of nitrogens with one attached hydrogen (secondary N) is 1. The molecule has 0 unspecified atom stereocenters. The van der Waals surface area contributed by atoms with Crippen LogP contribution in [-0.2, 0) is 11.2 Å². The number of amides is 1. The van der Waals surface area contributed by atoms with Gasteiger partial charge < -0.3 is 10.1 Å². The third-order valence-corrected chi connectivity index (χ3v) is 4.90. The summed E-state index contributed by atoms with van der Waals surface area (Å²) in [5.41, 5.74) is 3.80. The van der Waals surface area contributed by atoms with Crippen molar-refractivity contribution in [3.8, 4) is 11.4 Å². The number of hydrogen-bond acceptors (Lipinski definition) is 6. The first kappa shape index (κ1) is 18.9. The molecule has 1 heterocycles. The number of hydrogen-bond donors (Lipinski definition) is 1. The number of tetrazole rings is 1. The molecule has 27 heavy (non-hydrogen) atoms. The molecule has 2 aromatic carbocycles. The van der Waals surface area contributed by atoms with Gasteiger partial charge in [-0.25, -0.2) is 0 Å². The maximum atomic E-state index is 12.3. The summed E-state index contributed by atoms with van der Waals surface area (Å²) in [6.07, 6.45) is 0.967. The lowest BCUT2D eigenvalue weighted by Crippen LogP contribution is -2.14. The Labute approximate surface area is 162 Å². The van der Waals surface area contributed by atoms with E-state index in [1.165, 1.54) is 17.3 Å². The molecule has 140 valence electrons. The fraction of sp³-hybridized carbons (Fsp3) is 0.263. The van der Waals surface area contributed by atoms with E-state index in [2.05, 4.69) is 27.8 Å². The fourth-order valence-electron chi connectivity index (χ4n) is 2.54. The largest absolute Gasteiger partial charge is 0.494 e. The molecule has 1 amide bonds. The van der Waals surface area contributed by atoms with Gasteiger partial charge in [0.05, 0.1) is 12.9 Å². The summed E-state index contributed by atoms with van der Waals surface area (Å²) in [5.74, 6) is 0.745. The highest BCUT2D eigenvalue weighted by Crippen LogP contribution is 2.27. The average molecular weight is 383 g/mol. The zero-order chi connectivity index (χ0) is 19.2. The molecule has 0 radical (unpaired) electrons. The third kappa shape index (κ3) is 4.65. The molecule has 0 aliphatic carbocycles. The van der Waals surface area contributed by atoms with Crippen molar-refractivity contribution < 1.29 is 9.53 Å². The van der Waals surface area contributed by atoms with Crippen LogP contribution in [0.15, 0.2) is 47.6 Å². The fourth-order valence-corrected chi connectivity index (χ4v) is 3.22. The standard InChI is InChI=1S/C19H21N5O2S/c1-4-14-6-8-15(9-7-14)20-18(25)12-27-19-21-22-23-24(19)16-11-13(2)5-10-17(16)26-3/h5-11H,4,12H2,1-3H3,(H,20,25). The Morgan fingerprint density at radius 1 is 1.22 bits per heavy atom. The Morgan fingerprint density at radius 3 is 2.70 bits per heavy atom. The molecule has 1 N–H and O–H groups in total. The summed E-state index contributed by atoms with van der Waals surface area (Å²) in [6.45, 7) is 4.08. The summed E-state index contributed by atoms with van der Waals surface area (Å²) >= 11 is 1.27. The maximum Gasteiger partial charge on any atom is 0.234 e. The second-order valence-corrected chi connectivity index (χ2v) is 6.88. The Bertz CT molecular complexity index is 924. The van der Waals surface area contributed by atoms with Crippen molar-refractivity contribution in [3.63, 3.8) is 0 Å².